The van der Waals surface area contributed by atoms with E-state index < -0.39 is 0 Å². The number of hydrogen-bond acceptors (Lipinski definition) is 2. The summed E-state index contributed by atoms with van der Waals surface area (Å²) in [5.41, 5.74) is 3.81. The van der Waals surface area contributed by atoms with Gasteiger partial charge in [-0.3, -0.25) is 4.79 Å². The van der Waals surface area contributed by atoms with Crippen molar-refractivity contribution in [3.05, 3.63) is 65.2 Å². The predicted molar refractivity (Wildman–Crippen MR) is 108 cm³/mol. The maximum Gasteiger partial charge on any atom is 0.318 e. The highest BCUT2D eigenvalue weighted by atomic mass is 16.2. The van der Waals surface area contributed by atoms with Crippen molar-refractivity contribution in [2.24, 2.45) is 5.92 Å². The molecule has 0 aromatic heterocycles. The summed E-state index contributed by atoms with van der Waals surface area (Å²) in [5, 5.41) is 8.61. The van der Waals surface area contributed by atoms with Crippen molar-refractivity contribution in [3.8, 4) is 0 Å². The topological polar surface area (TPSA) is 70.2 Å². The second-order valence-electron chi connectivity index (χ2n) is 7.33. The molecule has 0 spiro atoms. The summed E-state index contributed by atoms with van der Waals surface area (Å²) in [7, 11) is 1.58. The van der Waals surface area contributed by atoms with E-state index in [2.05, 4.69) is 54.1 Å². The number of amides is 3. The summed E-state index contributed by atoms with van der Waals surface area (Å²) in [6.45, 7) is 4.31. The third-order valence-electron chi connectivity index (χ3n) is 4.92. The zero-order valence-corrected chi connectivity index (χ0v) is 16.1. The van der Waals surface area contributed by atoms with Crippen LogP contribution in [0.25, 0.3) is 0 Å². The van der Waals surface area contributed by atoms with Gasteiger partial charge in [-0.1, -0.05) is 56.3 Å². The molecule has 1 fully saturated rings. The highest BCUT2D eigenvalue weighted by molar-refractivity contribution is 5.90. The summed E-state index contributed by atoms with van der Waals surface area (Å²) >= 11 is 0. The molecule has 0 radical (unpaired) electrons. The molecule has 5 nitrogen and oxygen atoms in total. The Balaban J connectivity index is 1.97. The molecule has 1 unspecified atom stereocenters. The van der Waals surface area contributed by atoms with Gasteiger partial charge in [-0.25, -0.2) is 4.79 Å². The first-order valence-corrected chi connectivity index (χ1v) is 9.47. The number of anilines is 1. The van der Waals surface area contributed by atoms with Gasteiger partial charge in [0.1, 0.15) is 0 Å². The van der Waals surface area contributed by atoms with E-state index in [4.69, 9.17) is 0 Å². The van der Waals surface area contributed by atoms with Crippen LogP contribution in [0.15, 0.2) is 48.5 Å². The van der Waals surface area contributed by atoms with E-state index in [0.29, 0.717) is 11.6 Å². The molecule has 1 atom stereocenters. The minimum absolute atomic E-state index is 0.0719. The molecule has 1 aliphatic carbocycles. The summed E-state index contributed by atoms with van der Waals surface area (Å²) < 4.78 is 0. The van der Waals surface area contributed by atoms with Gasteiger partial charge in [0.15, 0.2) is 0 Å². The van der Waals surface area contributed by atoms with Gasteiger partial charge in [-0.05, 0) is 36.0 Å². The van der Waals surface area contributed by atoms with Crippen molar-refractivity contribution >= 4 is 17.6 Å². The zero-order chi connectivity index (χ0) is 19.4. The molecule has 0 aliphatic heterocycles. The Morgan fingerprint density at radius 3 is 2.19 bits per heavy atom. The van der Waals surface area contributed by atoms with Gasteiger partial charge in [0, 0.05) is 24.2 Å². The molecule has 142 valence electrons. The quantitative estimate of drug-likeness (QED) is 0.719. The van der Waals surface area contributed by atoms with E-state index in [0.717, 1.165) is 24.0 Å². The minimum Gasteiger partial charge on any atom is -0.345 e. The van der Waals surface area contributed by atoms with Crippen molar-refractivity contribution in [2.45, 2.75) is 38.6 Å². The van der Waals surface area contributed by atoms with E-state index in [-0.39, 0.29) is 23.9 Å². The highest BCUT2D eigenvalue weighted by Crippen LogP contribution is 2.33. The predicted octanol–water partition coefficient (Wildman–Crippen LogP) is 4.18. The van der Waals surface area contributed by atoms with Crippen molar-refractivity contribution in [2.75, 3.05) is 12.4 Å². The number of urea groups is 1. The van der Waals surface area contributed by atoms with Gasteiger partial charge in [-0.15, -0.1) is 0 Å². The lowest BCUT2D eigenvalue weighted by Gasteiger charge is -2.23. The lowest BCUT2D eigenvalue weighted by Crippen LogP contribution is -2.32. The molecule has 2 aromatic rings. The van der Waals surface area contributed by atoms with Crippen LogP contribution in [0, 0.1) is 5.92 Å². The molecule has 3 amide bonds. The fourth-order valence-electron chi connectivity index (χ4n) is 3.07. The molecule has 27 heavy (non-hydrogen) atoms. The van der Waals surface area contributed by atoms with Crippen LogP contribution >= 0.6 is 0 Å². The standard InChI is InChI=1S/C22H27N3O2/c1-14(2)15-8-10-16(11-9-15)20(25-21(26)17-12-13-17)18-6-4-5-7-19(18)24-22(27)23-3/h4-11,14,17,20H,12-13H2,1-3H3,(H,25,26)(H2,23,24,27). The van der Waals surface area contributed by atoms with Crippen molar-refractivity contribution in [3.63, 3.8) is 0 Å². The molecule has 0 heterocycles. The fourth-order valence-corrected chi connectivity index (χ4v) is 3.07. The van der Waals surface area contributed by atoms with Gasteiger partial charge in [0.2, 0.25) is 5.91 Å². The molecule has 1 aliphatic rings. The number of carbonyl (C=O) groups excluding carboxylic acids is 2. The third kappa shape index (κ3) is 4.67. The van der Waals surface area contributed by atoms with Crippen LogP contribution in [0.4, 0.5) is 10.5 Å². The zero-order valence-electron chi connectivity index (χ0n) is 16.1. The van der Waals surface area contributed by atoms with E-state index in [1.807, 2.05) is 24.3 Å². The normalized spacial score (nSPS) is 14.5. The number of rotatable bonds is 6. The lowest BCUT2D eigenvalue weighted by atomic mass is 9.94. The largest absolute Gasteiger partial charge is 0.345 e. The van der Waals surface area contributed by atoms with Gasteiger partial charge in [0.25, 0.3) is 0 Å². The number of nitrogens with one attached hydrogen (secondary N) is 3. The van der Waals surface area contributed by atoms with E-state index in [1.165, 1.54) is 5.56 Å². The SMILES string of the molecule is CNC(=O)Nc1ccccc1C(NC(=O)C1CC1)c1ccc(C(C)C)cc1. The third-order valence-corrected chi connectivity index (χ3v) is 4.92. The van der Waals surface area contributed by atoms with Crippen molar-refractivity contribution < 1.29 is 9.59 Å². The number of carbonyl (C=O) groups is 2. The van der Waals surface area contributed by atoms with Crippen LogP contribution in [0.1, 0.15) is 55.3 Å². The van der Waals surface area contributed by atoms with E-state index in [9.17, 15) is 9.59 Å². The summed E-state index contributed by atoms with van der Waals surface area (Å²) in [6, 6.07) is 15.3. The number of benzene rings is 2. The maximum absolute atomic E-state index is 12.5. The van der Waals surface area contributed by atoms with Crippen LogP contribution < -0.4 is 16.0 Å². The minimum atomic E-state index is -0.312. The molecule has 3 rings (SSSR count). The van der Waals surface area contributed by atoms with Gasteiger partial charge < -0.3 is 16.0 Å². The molecule has 5 heteroatoms. The Morgan fingerprint density at radius 1 is 0.963 bits per heavy atom. The lowest BCUT2D eigenvalue weighted by molar-refractivity contribution is -0.122. The molecule has 2 aromatic carbocycles. The fraction of sp³-hybridized carbons (Fsp3) is 0.364. The monoisotopic (exact) mass is 365 g/mol. The van der Waals surface area contributed by atoms with Crippen LogP contribution in [0.2, 0.25) is 0 Å². The Labute approximate surface area is 160 Å². The van der Waals surface area contributed by atoms with Gasteiger partial charge in [-0.2, -0.15) is 0 Å². The first-order chi connectivity index (χ1) is 13.0. The van der Waals surface area contributed by atoms with Crippen LogP contribution in [-0.4, -0.2) is 19.0 Å². The molecular weight excluding hydrogens is 338 g/mol. The molecule has 3 N–H and O–H groups in total. The first-order valence-electron chi connectivity index (χ1n) is 9.47. The number of para-hydroxylation sites is 1. The van der Waals surface area contributed by atoms with Crippen LogP contribution in [-0.2, 0) is 4.79 Å². The summed E-state index contributed by atoms with van der Waals surface area (Å²) in [6.07, 6.45) is 1.89. The Bertz CT molecular complexity index is 811. The van der Waals surface area contributed by atoms with E-state index >= 15 is 0 Å². The number of hydrogen-bond donors (Lipinski definition) is 3. The Hall–Kier alpha value is -2.82. The Kier molecular flexibility index (Phi) is 5.79. The second kappa shape index (κ2) is 8.25. The Morgan fingerprint density at radius 2 is 1.59 bits per heavy atom. The van der Waals surface area contributed by atoms with Gasteiger partial charge >= 0.3 is 6.03 Å². The summed E-state index contributed by atoms with van der Waals surface area (Å²) in [5.74, 6) is 0.630. The van der Waals surface area contributed by atoms with Crippen molar-refractivity contribution in [1.82, 2.24) is 10.6 Å². The highest BCUT2D eigenvalue weighted by Gasteiger charge is 2.32. The smallest absolute Gasteiger partial charge is 0.318 e. The van der Waals surface area contributed by atoms with Crippen LogP contribution in [0.3, 0.4) is 0 Å². The first kappa shape index (κ1) is 19.0. The molecule has 0 bridgehead atoms. The van der Waals surface area contributed by atoms with Crippen molar-refractivity contribution in [1.29, 1.82) is 0 Å². The van der Waals surface area contributed by atoms with Gasteiger partial charge in [0.05, 0.1) is 6.04 Å². The maximum atomic E-state index is 12.5. The summed E-state index contributed by atoms with van der Waals surface area (Å²) in [4.78, 5) is 24.4. The average Bonchev–Trinajstić information content (AvgIpc) is 3.52. The molecule has 0 saturated heterocycles. The molecular formula is C22H27N3O2. The average molecular weight is 365 g/mol. The second-order valence-corrected chi connectivity index (χ2v) is 7.33. The molecule has 1 saturated carbocycles. The van der Waals surface area contributed by atoms with Crippen LogP contribution in [0.5, 0.6) is 0 Å². The van der Waals surface area contributed by atoms with E-state index in [1.54, 1.807) is 7.05 Å².